The fourth-order valence-corrected chi connectivity index (χ4v) is 2.27. The second kappa shape index (κ2) is 7.51. The molecule has 1 saturated carbocycles. The average Bonchev–Trinajstić information content (AvgIpc) is 3.21. The van der Waals surface area contributed by atoms with Crippen molar-refractivity contribution in [3.8, 4) is 0 Å². The maximum absolute atomic E-state index is 12.3. The van der Waals surface area contributed by atoms with Crippen molar-refractivity contribution in [1.29, 1.82) is 0 Å². The van der Waals surface area contributed by atoms with Gasteiger partial charge in [0.15, 0.2) is 0 Å². The van der Waals surface area contributed by atoms with Crippen molar-refractivity contribution in [2.45, 2.75) is 58.8 Å². The van der Waals surface area contributed by atoms with Gasteiger partial charge in [0, 0.05) is 20.1 Å². The highest BCUT2D eigenvalue weighted by Crippen LogP contribution is 2.47. The molecule has 0 aromatic carbocycles. The lowest BCUT2D eigenvalue weighted by Gasteiger charge is -2.22. The van der Waals surface area contributed by atoms with Crippen molar-refractivity contribution < 1.29 is 9.59 Å². The Morgan fingerprint density at radius 2 is 1.74 bits per heavy atom. The van der Waals surface area contributed by atoms with Gasteiger partial charge in [-0.1, -0.05) is 33.1 Å². The van der Waals surface area contributed by atoms with E-state index < -0.39 is 5.41 Å². The summed E-state index contributed by atoms with van der Waals surface area (Å²) in [4.78, 5) is 26.2. The van der Waals surface area contributed by atoms with Crippen LogP contribution in [0, 0.1) is 5.41 Å². The van der Waals surface area contributed by atoms with Crippen LogP contribution in [-0.4, -0.2) is 36.9 Å². The Hall–Kier alpha value is -1.06. The second-order valence-electron chi connectivity index (χ2n) is 5.63. The van der Waals surface area contributed by atoms with Crippen LogP contribution in [0.3, 0.4) is 0 Å². The number of hydrogen-bond donors (Lipinski definition) is 1. The van der Waals surface area contributed by atoms with Crippen LogP contribution < -0.4 is 5.32 Å². The van der Waals surface area contributed by atoms with E-state index in [-0.39, 0.29) is 11.8 Å². The van der Waals surface area contributed by atoms with Crippen molar-refractivity contribution in [3.05, 3.63) is 0 Å². The predicted octanol–water partition coefficient (Wildman–Crippen LogP) is 2.33. The number of hydrogen-bond acceptors (Lipinski definition) is 2. The summed E-state index contributed by atoms with van der Waals surface area (Å²) in [5.41, 5.74) is -0.727. The molecule has 0 saturated heterocycles. The number of carbonyl (C=O) groups is 2. The molecule has 0 aliphatic heterocycles. The Labute approximate surface area is 116 Å². The zero-order valence-corrected chi connectivity index (χ0v) is 12.6. The number of rotatable bonds is 9. The van der Waals surface area contributed by atoms with Gasteiger partial charge in [0.2, 0.25) is 11.8 Å². The summed E-state index contributed by atoms with van der Waals surface area (Å²) in [6.07, 6.45) is 6.74. The van der Waals surface area contributed by atoms with Crippen LogP contribution in [0.1, 0.15) is 58.8 Å². The highest BCUT2D eigenvalue weighted by molar-refractivity contribution is 6.07. The first-order valence-electron chi connectivity index (χ1n) is 7.62. The Kier molecular flexibility index (Phi) is 6.32. The summed E-state index contributed by atoms with van der Waals surface area (Å²) in [6.45, 7) is 5.68. The fraction of sp³-hybridized carbons (Fsp3) is 0.867. The third-order valence-corrected chi connectivity index (χ3v) is 3.85. The molecule has 1 fully saturated rings. The predicted molar refractivity (Wildman–Crippen MR) is 76.7 cm³/mol. The standard InChI is InChI=1S/C15H28N2O2/c1-4-6-8-11-16-13(18)15(9-10-15)14(19)17(3)12-7-5-2/h4-12H2,1-3H3,(H,16,18). The minimum atomic E-state index is -0.727. The minimum Gasteiger partial charge on any atom is -0.355 e. The van der Waals surface area contributed by atoms with E-state index in [0.29, 0.717) is 19.4 Å². The molecule has 1 rings (SSSR count). The van der Waals surface area contributed by atoms with Crippen molar-refractivity contribution in [2.75, 3.05) is 20.1 Å². The summed E-state index contributed by atoms with van der Waals surface area (Å²) in [5.74, 6) is -0.0501. The van der Waals surface area contributed by atoms with E-state index in [1.54, 1.807) is 4.90 Å². The van der Waals surface area contributed by atoms with Crippen molar-refractivity contribution in [1.82, 2.24) is 10.2 Å². The summed E-state index contributed by atoms with van der Waals surface area (Å²) in [7, 11) is 1.81. The van der Waals surface area contributed by atoms with Crippen LogP contribution in [0.4, 0.5) is 0 Å². The van der Waals surface area contributed by atoms with Crippen molar-refractivity contribution in [2.24, 2.45) is 5.41 Å². The first-order chi connectivity index (χ1) is 9.08. The number of amides is 2. The van der Waals surface area contributed by atoms with E-state index in [0.717, 1.165) is 38.6 Å². The van der Waals surface area contributed by atoms with Gasteiger partial charge in [-0.05, 0) is 25.7 Å². The van der Waals surface area contributed by atoms with E-state index in [1.807, 2.05) is 7.05 Å². The van der Waals surface area contributed by atoms with Gasteiger partial charge < -0.3 is 10.2 Å². The van der Waals surface area contributed by atoms with Gasteiger partial charge >= 0.3 is 0 Å². The lowest BCUT2D eigenvalue weighted by Crippen LogP contribution is -2.44. The fourth-order valence-electron chi connectivity index (χ4n) is 2.27. The molecular formula is C15H28N2O2. The molecule has 4 heteroatoms. The normalized spacial score (nSPS) is 15.9. The molecule has 1 N–H and O–H groups in total. The van der Waals surface area contributed by atoms with E-state index in [2.05, 4.69) is 19.2 Å². The second-order valence-corrected chi connectivity index (χ2v) is 5.63. The Morgan fingerprint density at radius 1 is 1.11 bits per heavy atom. The molecule has 19 heavy (non-hydrogen) atoms. The van der Waals surface area contributed by atoms with Crippen molar-refractivity contribution >= 4 is 11.8 Å². The Bertz CT molecular complexity index is 311. The maximum atomic E-state index is 12.3. The first-order valence-corrected chi connectivity index (χ1v) is 7.62. The van der Waals surface area contributed by atoms with Crippen LogP contribution in [0.5, 0.6) is 0 Å². The zero-order valence-electron chi connectivity index (χ0n) is 12.6. The molecule has 0 atom stereocenters. The number of nitrogens with one attached hydrogen (secondary N) is 1. The van der Waals surface area contributed by atoms with Crippen molar-refractivity contribution in [3.63, 3.8) is 0 Å². The highest BCUT2D eigenvalue weighted by atomic mass is 16.2. The molecule has 0 aromatic heterocycles. The van der Waals surface area contributed by atoms with E-state index in [1.165, 1.54) is 0 Å². The number of nitrogens with zero attached hydrogens (tertiary/aromatic N) is 1. The zero-order chi connectivity index (χ0) is 14.3. The Morgan fingerprint density at radius 3 is 2.26 bits per heavy atom. The molecule has 0 bridgehead atoms. The van der Waals surface area contributed by atoms with Gasteiger partial charge in [-0.15, -0.1) is 0 Å². The van der Waals surface area contributed by atoms with E-state index in [9.17, 15) is 9.59 Å². The summed E-state index contributed by atoms with van der Waals surface area (Å²) in [5, 5.41) is 2.93. The van der Waals surface area contributed by atoms with E-state index >= 15 is 0 Å². The van der Waals surface area contributed by atoms with Crippen LogP contribution >= 0.6 is 0 Å². The molecule has 0 unspecified atom stereocenters. The van der Waals surface area contributed by atoms with Crippen LogP contribution in [0.25, 0.3) is 0 Å². The summed E-state index contributed by atoms with van der Waals surface area (Å²) in [6, 6.07) is 0. The van der Waals surface area contributed by atoms with Crippen LogP contribution in [-0.2, 0) is 9.59 Å². The van der Waals surface area contributed by atoms with Crippen LogP contribution in [0.2, 0.25) is 0 Å². The molecule has 0 radical (unpaired) electrons. The lowest BCUT2D eigenvalue weighted by atomic mass is 10.0. The molecule has 0 heterocycles. The molecule has 2 amide bonds. The van der Waals surface area contributed by atoms with Gasteiger partial charge in [0.1, 0.15) is 5.41 Å². The van der Waals surface area contributed by atoms with Gasteiger partial charge in [-0.2, -0.15) is 0 Å². The average molecular weight is 268 g/mol. The van der Waals surface area contributed by atoms with Gasteiger partial charge in [0.05, 0.1) is 0 Å². The minimum absolute atomic E-state index is 0.00828. The number of carbonyl (C=O) groups excluding carboxylic acids is 2. The number of unbranched alkanes of at least 4 members (excludes halogenated alkanes) is 3. The topological polar surface area (TPSA) is 49.4 Å². The van der Waals surface area contributed by atoms with Crippen LogP contribution in [0.15, 0.2) is 0 Å². The SMILES string of the molecule is CCCCCNC(=O)C1(C(=O)N(C)CCCC)CC1. The van der Waals surface area contributed by atoms with Gasteiger partial charge in [-0.25, -0.2) is 0 Å². The summed E-state index contributed by atoms with van der Waals surface area (Å²) < 4.78 is 0. The lowest BCUT2D eigenvalue weighted by molar-refractivity contribution is -0.143. The monoisotopic (exact) mass is 268 g/mol. The molecule has 0 aromatic rings. The largest absolute Gasteiger partial charge is 0.355 e. The molecule has 1 aliphatic carbocycles. The van der Waals surface area contributed by atoms with E-state index in [4.69, 9.17) is 0 Å². The third kappa shape index (κ3) is 4.22. The molecule has 4 nitrogen and oxygen atoms in total. The quantitative estimate of drug-likeness (QED) is 0.515. The maximum Gasteiger partial charge on any atom is 0.238 e. The molecule has 0 spiro atoms. The van der Waals surface area contributed by atoms with Gasteiger partial charge in [-0.3, -0.25) is 9.59 Å². The third-order valence-electron chi connectivity index (χ3n) is 3.85. The smallest absolute Gasteiger partial charge is 0.238 e. The summed E-state index contributed by atoms with van der Waals surface area (Å²) >= 11 is 0. The molecule has 1 aliphatic rings. The highest BCUT2D eigenvalue weighted by Gasteiger charge is 2.57. The molecule has 110 valence electrons. The first kappa shape index (κ1) is 16.0. The molecular weight excluding hydrogens is 240 g/mol. The van der Waals surface area contributed by atoms with Gasteiger partial charge in [0.25, 0.3) is 0 Å². The Balaban J connectivity index is 2.41.